The predicted molar refractivity (Wildman–Crippen MR) is 66.5 cm³/mol. The Morgan fingerprint density at radius 3 is 2.12 bits per heavy atom. The van der Waals surface area contributed by atoms with E-state index in [-0.39, 0.29) is 17.9 Å². The van der Waals surface area contributed by atoms with Crippen molar-refractivity contribution in [1.82, 2.24) is 9.80 Å². The molecule has 5 heteroatoms. The Bertz CT molecular complexity index is 248. The molecule has 100 valence electrons. The highest BCUT2D eigenvalue weighted by Gasteiger charge is 2.25. The third kappa shape index (κ3) is 4.73. The summed E-state index contributed by atoms with van der Waals surface area (Å²) < 4.78 is 0. The standard InChI is InChI=1S/C10H18N2O3.C2H6/c1-8(14)11(2)9-3-5-12(6-4-9)10(15)7-13;1-2/h9,13H,3-7H2,1-2H3;1-2H3. The van der Waals surface area contributed by atoms with Crippen LogP contribution in [0.3, 0.4) is 0 Å². The first kappa shape index (κ1) is 15.9. The maximum absolute atomic E-state index is 11.2. The van der Waals surface area contributed by atoms with E-state index in [1.54, 1.807) is 23.8 Å². The van der Waals surface area contributed by atoms with Crippen LogP contribution in [-0.4, -0.2) is 59.5 Å². The van der Waals surface area contributed by atoms with Crippen molar-refractivity contribution in [3.8, 4) is 0 Å². The van der Waals surface area contributed by atoms with Crippen LogP contribution in [0, 0.1) is 0 Å². The molecule has 0 aromatic heterocycles. The fourth-order valence-electron chi connectivity index (χ4n) is 1.86. The lowest BCUT2D eigenvalue weighted by Crippen LogP contribution is -2.47. The molecule has 17 heavy (non-hydrogen) atoms. The Hall–Kier alpha value is -1.10. The van der Waals surface area contributed by atoms with Crippen molar-refractivity contribution in [2.75, 3.05) is 26.7 Å². The number of piperidine rings is 1. The third-order valence-corrected chi connectivity index (χ3v) is 3.00. The van der Waals surface area contributed by atoms with E-state index in [2.05, 4.69) is 0 Å². The topological polar surface area (TPSA) is 60.9 Å². The molecule has 1 aliphatic heterocycles. The van der Waals surface area contributed by atoms with Gasteiger partial charge in [-0.05, 0) is 12.8 Å². The predicted octanol–water partition coefficient (Wildman–Crippen LogP) is 0.474. The van der Waals surface area contributed by atoms with E-state index in [4.69, 9.17) is 5.11 Å². The van der Waals surface area contributed by atoms with Gasteiger partial charge in [-0.15, -0.1) is 0 Å². The molecule has 0 saturated carbocycles. The number of nitrogens with zero attached hydrogens (tertiary/aromatic N) is 2. The van der Waals surface area contributed by atoms with Crippen molar-refractivity contribution < 1.29 is 14.7 Å². The normalized spacial score (nSPS) is 15.9. The zero-order valence-corrected chi connectivity index (χ0v) is 11.3. The summed E-state index contributed by atoms with van der Waals surface area (Å²) in [7, 11) is 1.79. The summed E-state index contributed by atoms with van der Waals surface area (Å²) in [6, 6.07) is 0.227. The molecule has 1 rings (SSSR count). The Labute approximate surface area is 103 Å². The van der Waals surface area contributed by atoms with Crippen molar-refractivity contribution in [1.29, 1.82) is 0 Å². The Morgan fingerprint density at radius 2 is 1.76 bits per heavy atom. The lowest BCUT2D eigenvalue weighted by atomic mass is 10.0. The van der Waals surface area contributed by atoms with Gasteiger partial charge in [-0.2, -0.15) is 0 Å². The Morgan fingerprint density at radius 1 is 1.29 bits per heavy atom. The second-order valence-corrected chi connectivity index (χ2v) is 3.90. The molecule has 0 aromatic carbocycles. The van der Waals surface area contributed by atoms with Gasteiger partial charge in [0.05, 0.1) is 0 Å². The molecule has 0 radical (unpaired) electrons. The molecular weight excluding hydrogens is 220 g/mol. The summed E-state index contributed by atoms with van der Waals surface area (Å²) in [5.74, 6) is -0.166. The van der Waals surface area contributed by atoms with Crippen molar-refractivity contribution in [2.45, 2.75) is 39.7 Å². The van der Waals surface area contributed by atoms with Gasteiger partial charge < -0.3 is 14.9 Å². The number of carbonyl (C=O) groups excluding carboxylic acids is 2. The zero-order valence-electron chi connectivity index (χ0n) is 11.3. The molecule has 0 unspecified atom stereocenters. The summed E-state index contributed by atoms with van der Waals surface area (Å²) >= 11 is 0. The van der Waals surface area contributed by atoms with E-state index < -0.39 is 6.61 Å². The molecule has 1 saturated heterocycles. The van der Waals surface area contributed by atoms with Crippen LogP contribution in [0.4, 0.5) is 0 Å². The second kappa shape index (κ2) is 8.06. The first-order valence-corrected chi connectivity index (χ1v) is 6.18. The summed E-state index contributed by atoms with van der Waals surface area (Å²) in [5, 5.41) is 8.69. The highest BCUT2D eigenvalue weighted by atomic mass is 16.3. The molecule has 0 spiro atoms. The molecule has 1 aliphatic rings. The number of carbonyl (C=O) groups is 2. The van der Waals surface area contributed by atoms with Gasteiger partial charge in [-0.1, -0.05) is 13.8 Å². The van der Waals surface area contributed by atoms with Gasteiger partial charge >= 0.3 is 0 Å². The van der Waals surface area contributed by atoms with Crippen LogP contribution in [-0.2, 0) is 9.59 Å². The van der Waals surface area contributed by atoms with Gasteiger partial charge in [0.2, 0.25) is 11.8 Å². The number of hydrogen-bond acceptors (Lipinski definition) is 3. The maximum atomic E-state index is 11.2. The van der Waals surface area contributed by atoms with Crippen molar-refractivity contribution >= 4 is 11.8 Å². The Balaban J connectivity index is 0.00000121. The SMILES string of the molecule is CC.CC(=O)N(C)C1CCN(C(=O)CO)CC1. The first-order chi connectivity index (χ1) is 8.06. The summed E-state index contributed by atoms with van der Waals surface area (Å²) in [4.78, 5) is 25.7. The molecule has 2 amide bonds. The average molecular weight is 244 g/mol. The number of aliphatic hydroxyl groups excluding tert-OH is 1. The van der Waals surface area contributed by atoms with Gasteiger partial charge in [0.25, 0.3) is 0 Å². The van der Waals surface area contributed by atoms with Crippen molar-refractivity contribution in [2.24, 2.45) is 0 Å². The van der Waals surface area contributed by atoms with Crippen LogP contribution in [0.2, 0.25) is 0 Å². The maximum Gasteiger partial charge on any atom is 0.248 e. The molecule has 1 N–H and O–H groups in total. The first-order valence-electron chi connectivity index (χ1n) is 6.18. The van der Waals surface area contributed by atoms with Crippen LogP contribution in [0.15, 0.2) is 0 Å². The van der Waals surface area contributed by atoms with Gasteiger partial charge in [0.15, 0.2) is 0 Å². The van der Waals surface area contributed by atoms with Crippen molar-refractivity contribution in [3.63, 3.8) is 0 Å². The Kier molecular flexibility index (Phi) is 7.54. The molecule has 0 aromatic rings. The molecular formula is C12H24N2O3. The van der Waals surface area contributed by atoms with Gasteiger partial charge in [-0.25, -0.2) is 0 Å². The van der Waals surface area contributed by atoms with Crippen LogP contribution in [0.1, 0.15) is 33.6 Å². The number of rotatable bonds is 2. The van der Waals surface area contributed by atoms with E-state index in [1.165, 1.54) is 0 Å². The second-order valence-electron chi connectivity index (χ2n) is 3.90. The van der Waals surface area contributed by atoms with Gasteiger partial charge in [0.1, 0.15) is 6.61 Å². The molecule has 1 heterocycles. The largest absolute Gasteiger partial charge is 0.387 e. The fraction of sp³-hybridized carbons (Fsp3) is 0.833. The minimum Gasteiger partial charge on any atom is -0.387 e. The highest BCUT2D eigenvalue weighted by molar-refractivity contribution is 5.77. The van der Waals surface area contributed by atoms with E-state index in [1.807, 2.05) is 13.8 Å². The summed E-state index contributed by atoms with van der Waals surface area (Å²) in [6.45, 7) is 6.38. The van der Waals surface area contributed by atoms with E-state index in [0.717, 1.165) is 12.8 Å². The molecule has 0 atom stereocenters. The lowest BCUT2D eigenvalue weighted by Gasteiger charge is -2.36. The number of aliphatic hydroxyl groups is 1. The van der Waals surface area contributed by atoms with E-state index in [0.29, 0.717) is 13.1 Å². The number of amides is 2. The lowest BCUT2D eigenvalue weighted by molar-refractivity contribution is -0.136. The highest BCUT2D eigenvalue weighted by Crippen LogP contribution is 2.15. The van der Waals surface area contributed by atoms with Crippen LogP contribution in [0.25, 0.3) is 0 Å². The minimum absolute atomic E-state index is 0.0573. The summed E-state index contributed by atoms with van der Waals surface area (Å²) in [5.41, 5.74) is 0. The summed E-state index contributed by atoms with van der Waals surface area (Å²) in [6.07, 6.45) is 1.59. The van der Waals surface area contributed by atoms with Crippen LogP contribution < -0.4 is 0 Å². The smallest absolute Gasteiger partial charge is 0.248 e. The average Bonchev–Trinajstić information content (AvgIpc) is 2.39. The van der Waals surface area contributed by atoms with Crippen molar-refractivity contribution in [3.05, 3.63) is 0 Å². The zero-order chi connectivity index (χ0) is 13.4. The molecule has 5 nitrogen and oxygen atoms in total. The van der Waals surface area contributed by atoms with Gasteiger partial charge in [0, 0.05) is 33.1 Å². The van der Waals surface area contributed by atoms with E-state index >= 15 is 0 Å². The monoisotopic (exact) mass is 244 g/mol. The number of hydrogen-bond donors (Lipinski definition) is 1. The third-order valence-electron chi connectivity index (χ3n) is 3.00. The van der Waals surface area contributed by atoms with Crippen LogP contribution in [0.5, 0.6) is 0 Å². The quantitative estimate of drug-likeness (QED) is 0.768. The number of likely N-dealkylation sites (tertiary alicyclic amines) is 1. The van der Waals surface area contributed by atoms with Crippen LogP contribution >= 0.6 is 0 Å². The minimum atomic E-state index is -0.423. The molecule has 1 fully saturated rings. The molecule has 0 aliphatic carbocycles. The fourth-order valence-corrected chi connectivity index (χ4v) is 1.86. The van der Waals surface area contributed by atoms with E-state index in [9.17, 15) is 9.59 Å². The molecule has 0 bridgehead atoms. The van der Waals surface area contributed by atoms with Gasteiger partial charge in [-0.3, -0.25) is 9.59 Å².